The van der Waals surface area contributed by atoms with Crippen molar-refractivity contribution in [3.05, 3.63) is 29.3 Å². The van der Waals surface area contributed by atoms with E-state index in [0.29, 0.717) is 24.5 Å². The summed E-state index contributed by atoms with van der Waals surface area (Å²) in [6, 6.07) is 5.14. The van der Waals surface area contributed by atoms with Crippen molar-refractivity contribution >= 4 is 11.7 Å². The molecular weight excluding hydrogens is 246 g/mol. The summed E-state index contributed by atoms with van der Waals surface area (Å²) in [4.78, 5) is 22.6. The molecule has 0 atom stereocenters. The minimum Gasteiger partial charge on any atom is -0.484 e. The minimum atomic E-state index is -0.202. The molecule has 0 saturated carbocycles. The third kappa shape index (κ3) is 5.09. The van der Waals surface area contributed by atoms with Crippen molar-refractivity contribution in [2.45, 2.75) is 13.8 Å². The highest BCUT2D eigenvalue weighted by Gasteiger charge is 2.06. The number of Topliss-reactive ketones (excluding diaryl/α,β-unsaturated/α-hetero) is 1. The predicted octanol–water partition coefficient (Wildman–Crippen LogP) is 1.34. The molecule has 19 heavy (non-hydrogen) atoms. The van der Waals surface area contributed by atoms with Crippen molar-refractivity contribution in [2.75, 3.05) is 26.9 Å². The number of carbonyl (C=O) groups excluding carboxylic acids is 2. The fraction of sp³-hybridized carbons (Fsp3) is 0.429. The average Bonchev–Trinajstić information content (AvgIpc) is 2.37. The monoisotopic (exact) mass is 265 g/mol. The van der Waals surface area contributed by atoms with E-state index in [9.17, 15) is 9.59 Å². The van der Waals surface area contributed by atoms with Gasteiger partial charge in [0.1, 0.15) is 5.75 Å². The molecule has 1 rings (SSSR count). The zero-order valence-corrected chi connectivity index (χ0v) is 11.5. The number of ether oxygens (including phenoxy) is 2. The number of ketones is 1. The summed E-state index contributed by atoms with van der Waals surface area (Å²) in [6.07, 6.45) is 0. The Morgan fingerprint density at radius 1 is 1.32 bits per heavy atom. The van der Waals surface area contributed by atoms with Crippen LogP contribution in [0.1, 0.15) is 22.8 Å². The van der Waals surface area contributed by atoms with Crippen LogP contribution in [0, 0.1) is 6.92 Å². The van der Waals surface area contributed by atoms with Crippen LogP contribution >= 0.6 is 0 Å². The largest absolute Gasteiger partial charge is 0.484 e. The van der Waals surface area contributed by atoms with Crippen LogP contribution < -0.4 is 10.1 Å². The van der Waals surface area contributed by atoms with E-state index in [4.69, 9.17) is 9.47 Å². The molecule has 0 unspecified atom stereocenters. The van der Waals surface area contributed by atoms with E-state index >= 15 is 0 Å². The van der Waals surface area contributed by atoms with Gasteiger partial charge in [-0.05, 0) is 37.6 Å². The Kier molecular flexibility index (Phi) is 6.02. The highest BCUT2D eigenvalue weighted by atomic mass is 16.5. The molecule has 0 radical (unpaired) electrons. The van der Waals surface area contributed by atoms with Crippen LogP contribution in [0.15, 0.2) is 18.2 Å². The molecule has 0 fully saturated rings. The number of benzene rings is 1. The lowest BCUT2D eigenvalue weighted by Crippen LogP contribution is -2.31. The number of aryl methyl sites for hydroxylation is 1. The Morgan fingerprint density at radius 3 is 2.63 bits per heavy atom. The van der Waals surface area contributed by atoms with Gasteiger partial charge >= 0.3 is 0 Å². The van der Waals surface area contributed by atoms with Crippen LogP contribution in [-0.4, -0.2) is 38.6 Å². The second kappa shape index (κ2) is 7.53. The zero-order valence-electron chi connectivity index (χ0n) is 11.5. The lowest BCUT2D eigenvalue weighted by Gasteiger charge is -2.10. The Balaban J connectivity index is 2.49. The van der Waals surface area contributed by atoms with Gasteiger partial charge in [-0.25, -0.2) is 0 Å². The second-order valence-corrected chi connectivity index (χ2v) is 4.17. The fourth-order valence-electron chi connectivity index (χ4n) is 1.52. The number of carbonyl (C=O) groups is 2. The molecule has 1 N–H and O–H groups in total. The van der Waals surface area contributed by atoms with Crippen molar-refractivity contribution in [1.82, 2.24) is 5.32 Å². The lowest BCUT2D eigenvalue weighted by molar-refractivity contribution is -0.123. The van der Waals surface area contributed by atoms with Crippen LogP contribution in [0.5, 0.6) is 5.75 Å². The van der Waals surface area contributed by atoms with Crippen molar-refractivity contribution in [1.29, 1.82) is 0 Å². The van der Waals surface area contributed by atoms with Gasteiger partial charge in [-0.2, -0.15) is 0 Å². The molecule has 0 aliphatic heterocycles. The van der Waals surface area contributed by atoms with Crippen molar-refractivity contribution < 1.29 is 19.1 Å². The first kappa shape index (κ1) is 15.2. The number of amides is 1. The van der Waals surface area contributed by atoms with Crippen LogP contribution in [0.2, 0.25) is 0 Å². The Bertz CT molecular complexity index is 457. The van der Waals surface area contributed by atoms with Crippen molar-refractivity contribution in [3.8, 4) is 5.75 Å². The maximum atomic E-state index is 11.4. The van der Waals surface area contributed by atoms with E-state index in [1.807, 2.05) is 6.92 Å². The quantitative estimate of drug-likeness (QED) is 0.597. The second-order valence-electron chi connectivity index (χ2n) is 4.17. The van der Waals surface area contributed by atoms with Crippen LogP contribution in [-0.2, 0) is 9.53 Å². The van der Waals surface area contributed by atoms with Gasteiger partial charge < -0.3 is 14.8 Å². The molecule has 5 heteroatoms. The van der Waals surface area contributed by atoms with Crippen LogP contribution in [0.3, 0.4) is 0 Å². The number of nitrogens with one attached hydrogen (secondary N) is 1. The maximum absolute atomic E-state index is 11.4. The summed E-state index contributed by atoms with van der Waals surface area (Å²) in [5.41, 5.74) is 1.46. The fourth-order valence-corrected chi connectivity index (χ4v) is 1.52. The van der Waals surface area contributed by atoms with E-state index in [2.05, 4.69) is 5.32 Å². The highest BCUT2D eigenvalue weighted by Crippen LogP contribution is 2.19. The summed E-state index contributed by atoms with van der Waals surface area (Å²) in [5.74, 6) is 0.408. The molecule has 1 amide bonds. The molecule has 5 nitrogen and oxygen atoms in total. The number of methoxy groups -OCH3 is 1. The van der Waals surface area contributed by atoms with Gasteiger partial charge in [0.15, 0.2) is 12.4 Å². The first-order valence-electron chi connectivity index (χ1n) is 6.04. The SMILES string of the molecule is COCCNC(=O)COc1ccc(C(C)=O)cc1C. The average molecular weight is 265 g/mol. The topological polar surface area (TPSA) is 64.6 Å². The standard InChI is InChI=1S/C14H19NO4/c1-10-8-12(11(2)16)4-5-13(10)19-9-14(17)15-6-7-18-3/h4-5,8H,6-7,9H2,1-3H3,(H,15,17). The van der Waals surface area contributed by atoms with Gasteiger partial charge in [0.2, 0.25) is 0 Å². The third-order valence-electron chi connectivity index (χ3n) is 2.57. The smallest absolute Gasteiger partial charge is 0.258 e. The van der Waals surface area contributed by atoms with Gasteiger partial charge in [0.05, 0.1) is 6.61 Å². The lowest BCUT2D eigenvalue weighted by atomic mass is 10.1. The van der Waals surface area contributed by atoms with E-state index in [1.165, 1.54) is 6.92 Å². The summed E-state index contributed by atoms with van der Waals surface area (Å²) in [7, 11) is 1.57. The summed E-state index contributed by atoms with van der Waals surface area (Å²) < 4.78 is 10.2. The maximum Gasteiger partial charge on any atom is 0.258 e. The molecule has 0 bridgehead atoms. The van der Waals surface area contributed by atoms with Gasteiger partial charge in [0, 0.05) is 19.2 Å². The first-order valence-corrected chi connectivity index (χ1v) is 6.04. The zero-order chi connectivity index (χ0) is 14.3. The number of hydrogen-bond donors (Lipinski definition) is 1. The molecule has 104 valence electrons. The summed E-state index contributed by atoms with van der Waals surface area (Å²) in [6.45, 7) is 4.23. The number of hydrogen-bond acceptors (Lipinski definition) is 4. The minimum absolute atomic E-state index is 0.00644. The molecule has 0 aliphatic carbocycles. The Labute approximate surface area is 112 Å². The highest BCUT2D eigenvalue weighted by molar-refractivity contribution is 5.94. The van der Waals surface area contributed by atoms with Gasteiger partial charge in [-0.1, -0.05) is 0 Å². The van der Waals surface area contributed by atoms with Gasteiger partial charge in [-0.3, -0.25) is 9.59 Å². The van der Waals surface area contributed by atoms with Crippen LogP contribution in [0.25, 0.3) is 0 Å². The van der Waals surface area contributed by atoms with Gasteiger partial charge in [0.25, 0.3) is 5.91 Å². The summed E-state index contributed by atoms with van der Waals surface area (Å²) in [5, 5.41) is 2.66. The predicted molar refractivity (Wildman–Crippen MR) is 71.6 cm³/mol. The van der Waals surface area contributed by atoms with E-state index in [-0.39, 0.29) is 18.3 Å². The molecule has 1 aromatic carbocycles. The third-order valence-corrected chi connectivity index (χ3v) is 2.57. The first-order chi connectivity index (χ1) is 9.04. The molecule has 0 aromatic heterocycles. The molecular formula is C14H19NO4. The summed E-state index contributed by atoms with van der Waals surface area (Å²) >= 11 is 0. The molecule has 0 aliphatic rings. The number of rotatable bonds is 7. The van der Waals surface area contributed by atoms with E-state index in [0.717, 1.165) is 5.56 Å². The van der Waals surface area contributed by atoms with Gasteiger partial charge in [-0.15, -0.1) is 0 Å². The van der Waals surface area contributed by atoms with E-state index < -0.39 is 0 Å². The Morgan fingerprint density at radius 2 is 2.05 bits per heavy atom. The normalized spacial score (nSPS) is 10.1. The van der Waals surface area contributed by atoms with E-state index in [1.54, 1.807) is 25.3 Å². The molecule has 0 saturated heterocycles. The van der Waals surface area contributed by atoms with Crippen LogP contribution in [0.4, 0.5) is 0 Å². The van der Waals surface area contributed by atoms with Crippen molar-refractivity contribution in [3.63, 3.8) is 0 Å². The molecule has 0 spiro atoms. The Hall–Kier alpha value is -1.88. The van der Waals surface area contributed by atoms with Crippen molar-refractivity contribution in [2.24, 2.45) is 0 Å². The molecule has 0 heterocycles. The molecule has 1 aromatic rings.